The van der Waals surface area contributed by atoms with Crippen molar-refractivity contribution in [2.24, 2.45) is 0 Å². The molecule has 0 amide bonds. The summed E-state index contributed by atoms with van der Waals surface area (Å²) in [5.41, 5.74) is 2.97. The standard InChI is InChI=1S/C16H12ClNO/c1-19-14-9-5-8-12-13(10-15(17)18-16(12)14)11-6-3-2-4-7-11/h2-10H,1H3. The summed E-state index contributed by atoms with van der Waals surface area (Å²) < 4.78 is 5.35. The molecule has 0 N–H and O–H groups in total. The topological polar surface area (TPSA) is 22.1 Å². The van der Waals surface area contributed by atoms with Gasteiger partial charge in [0.15, 0.2) is 0 Å². The molecule has 0 atom stereocenters. The summed E-state index contributed by atoms with van der Waals surface area (Å²) in [7, 11) is 1.64. The van der Waals surface area contributed by atoms with Gasteiger partial charge >= 0.3 is 0 Å². The molecule has 1 heterocycles. The summed E-state index contributed by atoms with van der Waals surface area (Å²) in [5.74, 6) is 0.734. The minimum Gasteiger partial charge on any atom is -0.494 e. The van der Waals surface area contributed by atoms with Crippen molar-refractivity contribution >= 4 is 22.5 Å². The van der Waals surface area contributed by atoms with E-state index in [1.54, 1.807) is 7.11 Å². The second kappa shape index (κ2) is 4.90. The monoisotopic (exact) mass is 269 g/mol. The molecule has 3 heteroatoms. The molecule has 3 aromatic rings. The fourth-order valence-electron chi connectivity index (χ4n) is 2.21. The highest BCUT2D eigenvalue weighted by Gasteiger charge is 2.10. The third-order valence-corrected chi connectivity index (χ3v) is 3.27. The van der Waals surface area contributed by atoms with Crippen molar-refractivity contribution in [1.82, 2.24) is 4.98 Å². The maximum atomic E-state index is 6.14. The molecule has 2 nitrogen and oxygen atoms in total. The van der Waals surface area contributed by atoms with E-state index in [2.05, 4.69) is 17.1 Å². The van der Waals surface area contributed by atoms with E-state index in [-0.39, 0.29) is 0 Å². The summed E-state index contributed by atoms with van der Waals surface area (Å²) in [6.45, 7) is 0. The predicted molar refractivity (Wildman–Crippen MR) is 78.7 cm³/mol. The van der Waals surface area contributed by atoms with Crippen molar-refractivity contribution in [1.29, 1.82) is 0 Å². The van der Waals surface area contributed by atoms with E-state index in [1.165, 1.54) is 0 Å². The van der Waals surface area contributed by atoms with Gasteiger partial charge in [-0.25, -0.2) is 4.98 Å². The van der Waals surface area contributed by atoms with Gasteiger partial charge in [-0.1, -0.05) is 54.1 Å². The number of aromatic nitrogens is 1. The zero-order chi connectivity index (χ0) is 13.2. The fourth-order valence-corrected chi connectivity index (χ4v) is 2.41. The third kappa shape index (κ3) is 2.15. The Balaban J connectivity index is 2.37. The molecular weight excluding hydrogens is 258 g/mol. The molecule has 0 unspecified atom stereocenters. The molecule has 1 aromatic heterocycles. The molecule has 0 aliphatic heterocycles. The zero-order valence-electron chi connectivity index (χ0n) is 10.4. The van der Waals surface area contributed by atoms with Crippen LogP contribution in [-0.2, 0) is 0 Å². The number of rotatable bonds is 2. The largest absolute Gasteiger partial charge is 0.494 e. The first kappa shape index (κ1) is 12.0. The van der Waals surface area contributed by atoms with Gasteiger partial charge in [0, 0.05) is 5.39 Å². The van der Waals surface area contributed by atoms with Crippen molar-refractivity contribution in [3.63, 3.8) is 0 Å². The Labute approximate surface area is 116 Å². The Morgan fingerprint density at radius 2 is 1.79 bits per heavy atom. The highest BCUT2D eigenvalue weighted by Crippen LogP contribution is 2.33. The molecular formula is C16H12ClNO. The van der Waals surface area contributed by atoms with E-state index >= 15 is 0 Å². The predicted octanol–water partition coefficient (Wildman–Crippen LogP) is 4.56. The number of benzene rings is 2. The Morgan fingerprint density at radius 1 is 1.00 bits per heavy atom. The Hall–Kier alpha value is -2.06. The van der Waals surface area contributed by atoms with Crippen LogP contribution in [0.1, 0.15) is 0 Å². The second-order valence-electron chi connectivity index (χ2n) is 4.22. The van der Waals surface area contributed by atoms with Gasteiger partial charge in [0.1, 0.15) is 16.4 Å². The molecule has 0 radical (unpaired) electrons. The number of para-hydroxylation sites is 1. The lowest BCUT2D eigenvalue weighted by Crippen LogP contribution is -1.90. The van der Waals surface area contributed by atoms with Crippen LogP contribution in [0.2, 0.25) is 5.15 Å². The molecule has 3 rings (SSSR count). The van der Waals surface area contributed by atoms with Gasteiger partial charge in [0.05, 0.1) is 7.11 Å². The Morgan fingerprint density at radius 3 is 2.53 bits per heavy atom. The number of fused-ring (bicyclic) bond motifs is 1. The van der Waals surface area contributed by atoms with Crippen molar-refractivity contribution in [3.05, 3.63) is 59.8 Å². The van der Waals surface area contributed by atoms with E-state index in [4.69, 9.17) is 16.3 Å². The van der Waals surface area contributed by atoms with E-state index in [0.29, 0.717) is 5.15 Å². The number of halogens is 1. The van der Waals surface area contributed by atoms with E-state index in [0.717, 1.165) is 27.8 Å². The average molecular weight is 270 g/mol. The molecule has 0 bridgehead atoms. The average Bonchev–Trinajstić information content (AvgIpc) is 2.46. The smallest absolute Gasteiger partial charge is 0.145 e. The number of pyridine rings is 1. The van der Waals surface area contributed by atoms with Gasteiger partial charge in [0.25, 0.3) is 0 Å². The summed E-state index contributed by atoms with van der Waals surface area (Å²) in [4.78, 5) is 4.37. The minimum absolute atomic E-state index is 0.468. The van der Waals surface area contributed by atoms with Crippen LogP contribution < -0.4 is 4.74 Å². The molecule has 0 spiro atoms. The number of hydrogen-bond donors (Lipinski definition) is 0. The number of ether oxygens (including phenoxy) is 1. The molecule has 2 aromatic carbocycles. The van der Waals surface area contributed by atoms with Gasteiger partial charge in [-0.15, -0.1) is 0 Å². The van der Waals surface area contributed by atoms with Crippen molar-refractivity contribution in [2.45, 2.75) is 0 Å². The van der Waals surface area contributed by atoms with Crippen LogP contribution in [0.15, 0.2) is 54.6 Å². The van der Waals surface area contributed by atoms with Gasteiger partial charge in [0.2, 0.25) is 0 Å². The molecule has 0 saturated heterocycles. The second-order valence-corrected chi connectivity index (χ2v) is 4.60. The molecule has 0 fully saturated rings. The lowest BCUT2D eigenvalue weighted by atomic mass is 10.0. The highest BCUT2D eigenvalue weighted by atomic mass is 35.5. The minimum atomic E-state index is 0.468. The lowest BCUT2D eigenvalue weighted by molar-refractivity contribution is 0.419. The van der Waals surface area contributed by atoms with Gasteiger partial charge in [-0.2, -0.15) is 0 Å². The molecule has 19 heavy (non-hydrogen) atoms. The first-order valence-electron chi connectivity index (χ1n) is 5.98. The molecule has 0 aliphatic carbocycles. The van der Waals surface area contributed by atoms with Gasteiger partial charge in [-0.05, 0) is 23.3 Å². The van der Waals surface area contributed by atoms with E-state index < -0.39 is 0 Å². The van der Waals surface area contributed by atoms with Gasteiger partial charge in [-0.3, -0.25) is 0 Å². The Bertz CT molecular complexity index is 725. The van der Waals surface area contributed by atoms with Crippen LogP contribution in [0.25, 0.3) is 22.0 Å². The van der Waals surface area contributed by atoms with Crippen LogP contribution in [0.3, 0.4) is 0 Å². The SMILES string of the molecule is COc1cccc2c(-c3ccccc3)cc(Cl)nc12. The fraction of sp³-hybridized carbons (Fsp3) is 0.0625. The summed E-state index contributed by atoms with van der Waals surface area (Å²) in [5, 5.41) is 1.51. The number of hydrogen-bond acceptors (Lipinski definition) is 2. The van der Waals surface area contributed by atoms with Crippen LogP contribution in [0, 0.1) is 0 Å². The summed E-state index contributed by atoms with van der Waals surface area (Å²) in [6, 6.07) is 17.9. The number of nitrogens with zero attached hydrogens (tertiary/aromatic N) is 1. The van der Waals surface area contributed by atoms with Crippen molar-refractivity contribution in [3.8, 4) is 16.9 Å². The van der Waals surface area contributed by atoms with Gasteiger partial charge < -0.3 is 4.74 Å². The normalized spacial score (nSPS) is 10.6. The van der Waals surface area contributed by atoms with E-state index in [9.17, 15) is 0 Å². The van der Waals surface area contributed by atoms with Crippen LogP contribution in [0.5, 0.6) is 5.75 Å². The summed E-state index contributed by atoms with van der Waals surface area (Å²) in [6.07, 6.45) is 0. The Kier molecular flexibility index (Phi) is 3.10. The first-order valence-corrected chi connectivity index (χ1v) is 6.36. The maximum Gasteiger partial charge on any atom is 0.145 e. The van der Waals surface area contributed by atoms with Crippen LogP contribution >= 0.6 is 11.6 Å². The zero-order valence-corrected chi connectivity index (χ0v) is 11.2. The summed E-state index contributed by atoms with van der Waals surface area (Å²) >= 11 is 6.14. The maximum absolute atomic E-state index is 6.14. The van der Waals surface area contributed by atoms with Crippen molar-refractivity contribution < 1.29 is 4.74 Å². The highest BCUT2D eigenvalue weighted by molar-refractivity contribution is 6.30. The van der Waals surface area contributed by atoms with E-state index in [1.807, 2.05) is 42.5 Å². The molecule has 0 saturated carbocycles. The molecule has 0 aliphatic rings. The quantitative estimate of drug-likeness (QED) is 0.636. The first-order chi connectivity index (χ1) is 9.29. The third-order valence-electron chi connectivity index (χ3n) is 3.08. The molecule has 94 valence electrons. The van der Waals surface area contributed by atoms with Crippen molar-refractivity contribution in [2.75, 3.05) is 7.11 Å². The van der Waals surface area contributed by atoms with Crippen LogP contribution in [0.4, 0.5) is 0 Å². The lowest BCUT2D eigenvalue weighted by Gasteiger charge is -2.10. The number of methoxy groups -OCH3 is 1. The van der Waals surface area contributed by atoms with Crippen LogP contribution in [-0.4, -0.2) is 12.1 Å².